The van der Waals surface area contributed by atoms with E-state index < -0.39 is 0 Å². The van der Waals surface area contributed by atoms with E-state index in [1.807, 2.05) is 12.1 Å². The number of unbranched alkanes of at least 4 members (excludes halogenated alkanes) is 2. The number of thiazole rings is 1. The SMILES string of the molecule is CCCCCOc1ccc(C(=O)Nc2nc3c(s2)CN(C)CC3)cc1.Cl. The normalized spacial score (nSPS) is 13.6. The van der Waals surface area contributed by atoms with Gasteiger partial charge >= 0.3 is 0 Å². The van der Waals surface area contributed by atoms with E-state index in [4.69, 9.17) is 4.74 Å². The van der Waals surface area contributed by atoms with Crippen LogP contribution in [-0.2, 0) is 13.0 Å². The maximum absolute atomic E-state index is 12.4. The van der Waals surface area contributed by atoms with Crippen molar-refractivity contribution in [3.63, 3.8) is 0 Å². The van der Waals surface area contributed by atoms with Crippen LogP contribution >= 0.6 is 23.7 Å². The van der Waals surface area contributed by atoms with Crippen molar-refractivity contribution >= 4 is 34.8 Å². The molecule has 0 unspecified atom stereocenters. The predicted molar refractivity (Wildman–Crippen MR) is 109 cm³/mol. The molecular weight excluding hydrogens is 370 g/mol. The maximum Gasteiger partial charge on any atom is 0.257 e. The van der Waals surface area contributed by atoms with Gasteiger partial charge in [0.2, 0.25) is 0 Å². The molecule has 3 rings (SSSR count). The number of nitrogens with zero attached hydrogens (tertiary/aromatic N) is 2. The van der Waals surface area contributed by atoms with E-state index in [9.17, 15) is 4.79 Å². The third kappa shape index (κ3) is 5.43. The van der Waals surface area contributed by atoms with E-state index in [-0.39, 0.29) is 18.3 Å². The number of ether oxygens (including phenoxy) is 1. The van der Waals surface area contributed by atoms with E-state index in [2.05, 4.69) is 29.2 Å². The van der Waals surface area contributed by atoms with Crippen molar-refractivity contribution in [2.24, 2.45) is 0 Å². The molecule has 1 aliphatic heterocycles. The van der Waals surface area contributed by atoms with Crippen LogP contribution < -0.4 is 10.1 Å². The zero-order valence-electron chi connectivity index (χ0n) is 15.3. The molecule has 0 saturated heterocycles. The van der Waals surface area contributed by atoms with Gasteiger partial charge in [-0.3, -0.25) is 10.1 Å². The van der Waals surface area contributed by atoms with Gasteiger partial charge in [0.25, 0.3) is 5.91 Å². The van der Waals surface area contributed by atoms with Gasteiger partial charge in [-0.2, -0.15) is 0 Å². The Balaban J connectivity index is 0.00000243. The number of carbonyl (C=O) groups excluding carboxylic acids is 1. The molecule has 1 N–H and O–H groups in total. The number of anilines is 1. The summed E-state index contributed by atoms with van der Waals surface area (Å²) < 4.78 is 5.68. The number of nitrogens with one attached hydrogen (secondary N) is 1. The van der Waals surface area contributed by atoms with Crippen LogP contribution in [-0.4, -0.2) is 36.0 Å². The molecule has 7 heteroatoms. The monoisotopic (exact) mass is 395 g/mol. The molecular formula is C19H26ClN3O2S. The lowest BCUT2D eigenvalue weighted by atomic mass is 10.2. The van der Waals surface area contributed by atoms with Crippen molar-refractivity contribution in [3.8, 4) is 5.75 Å². The number of hydrogen-bond donors (Lipinski definition) is 1. The van der Waals surface area contributed by atoms with Crippen molar-refractivity contribution in [3.05, 3.63) is 40.4 Å². The van der Waals surface area contributed by atoms with Crippen LogP contribution in [0, 0.1) is 0 Å². The number of halogens is 1. The fourth-order valence-electron chi connectivity index (χ4n) is 2.79. The second-order valence-electron chi connectivity index (χ2n) is 6.41. The quantitative estimate of drug-likeness (QED) is 0.707. The zero-order valence-corrected chi connectivity index (χ0v) is 16.9. The summed E-state index contributed by atoms with van der Waals surface area (Å²) in [5, 5.41) is 3.60. The Kier molecular flexibility index (Phi) is 7.87. The third-order valence-corrected chi connectivity index (χ3v) is 5.27. The summed E-state index contributed by atoms with van der Waals surface area (Å²) in [6.07, 6.45) is 4.36. The van der Waals surface area contributed by atoms with Gasteiger partial charge in [0.15, 0.2) is 5.13 Å². The molecule has 0 radical (unpaired) electrons. The van der Waals surface area contributed by atoms with E-state index in [1.54, 1.807) is 23.5 Å². The first-order valence-corrected chi connectivity index (χ1v) is 9.68. The molecule has 0 atom stereocenters. The first-order valence-electron chi connectivity index (χ1n) is 8.87. The summed E-state index contributed by atoms with van der Waals surface area (Å²) in [6.45, 7) is 4.82. The van der Waals surface area contributed by atoms with E-state index in [1.165, 1.54) is 17.7 Å². The number of carbonyl (C=O) groups is 1. The van der Waals surface area contributed by atoms with Crippen LogP contribution in [0.3, 0.4) is 0 Å². The van der Waals surface area contributed by atoms with Gasteiger partial charge in [-0.05, 0) is 37.7 Å². The molecule has 0 bridgehead atoms. The van der Waals surface area contributed by atoms with Crippen molar-refractivity contribution in [2.75, 3.05) is 25.5 Å². The third-order valence-electron chi connectivity index (χ3n) is 4.28. The van der Waals surface area contributed by atoms with Crippen LogP contribution in [0.2, 0.25) is 0 Å². The smallest absolute Gasteiger partial charge is 0.257 e. The molecule has 142 valence electrons. The van der Waals surface area contributed by atoms with E-state index >= 15 is 0 Å². The molecule has 2 heterocycles. The average molecular weight is 396 g/mol. The number of aromatic nitrogens is 1. The van der Waals surface area contributed by atoms with E-state index in [0.717, 1.165) is 44.0 Å². The molecule has 5 nitrogen and oxygen atoms in total. The fourth-order valence-corrected chi connectivity index (χ4v) is 3.87. The van der Waals surface area contributed by atoms with Crippen LogP contribution in [0.25, 0.3) is 0 Å². The number of hydrogen-bond acceptors (Lipinski definition) is 5. The minimum Gasteiger partial charge on any atom is -0.494 e. The average Bonchev–Trinajstić information content (AvgIpc) is 3.00. The first-order chi connectivity index (χ1) is 12.2. The first kappa shape index (κ1) is 20.7. The molecule has 1 aromatic heterocycles. The highest BCUT2D eigenvalue weighted by molar-refractivity contribution is 7.15. The van der Waals surface area contributed by atoms with Gasteiger partial charge in [0.1, 0.15) is 5.75 Å². The minimum absolute atomic E-state index is 0. The lowest BCUT2D eigenvalue weighted by Crippen LogP contribution is -2.25. The molecule has 0 aliphatic carbocycles. The minimum atomic E-state index is -0.128. The van der Waals surface area contributed by atoms with Crippen LogP contribution in [0.5, 0.6) is 5.75 Å². The Morgan fingerprint density at radius 2 is 2.08 bits per heavy atom. The number of amides is 1. The van der Waals surface area contributed by atoms with Gasteiger partial charge in [-0.15, -0.1) is 23.7 Å². The number of benzene rings is 1. The highest BCUT2D eigenvalue weighted by atomic mass is 35.5. The second kappa shape index (κ2) is 9.90. The summed E-state index contributed by atoms with van der Waals surface area (Å²) in [4.78, 5) is 20.5. The predicted octanol–water partition coefficient (Wildman–Crippen LogP) is 4.37. The van der Waals surface area contributed by atoms with Crippen molar-refractivity contribution < 1.29 is 9.53 Å². The van der Waals surface area contributed by atoms with Crippen LogP contribution in [0.15, 0.2) is 24.3 Å². The van der Waals surface area contributed by atoms with Gasteiger partial charge in [0.05, 0.1) is 12.3 Å². The van der Waals surface area contributed by atoms with Gasteiger partial charge in [-0.1, -0.05) is 19.8 Å². The molecule has 1 amide bonds. The van der Waals surface area contributed by atoms with Gasteiger partial charge in [0, 0.05) is 30.0 Å². The molecule has 0 spiro atoms. The van der Waals surface area contributed by atoms with E-state index in [0.29, 0.717) is 10.7 Å². The molecule has 26 heavy (non-hydrogen) atoms. The zero-order chi connectivity index (χ0) is 17.6. The summed E-state index contributed by atoms with van der Waals surface area (Å²) >= 11 is 1.57. The lowest BCUT2D eigenvalue weighted by molar-refractivity contribution is 0.102. The summed E-state index contributed by atoms with van der Waals surface area (Å²) in [7, 11) is 2.10. The molecule has 0 saturated carbocycles. The Labute approximate surface area is 165 Å². The van der Waals surface area contributed by atoms with Crippen LogP contribution in [0.1, 0.15) is 47.1 Å². The van der Waals surface area contributed by atoms with Gasteiger partial charge < -0.3 is 9.64 Å². The fraction of sp³-hybridized carbons (Fsp3) is 0.474. The Hall–Kier alpha value is -1.63. The number of rotatable bonds is 7. The van der Waals surface area contributed by atoms with Crippen molar-refractivity contribution in [1.82, 2.24) is 9.88 Å². The van der Waals surface area contributed by atoms with Crippen molar-refractivity contribution in [1.29, 1.82) is 0 Å². The maximum atomic E-state index is 12.4. The molecule has 1 aromatic carbocycles. The molecule has 2 aromatic rings. The Bertz CT molecular complexity index is 718. The largest absolute Gasteiger partial charge is 0.494 e. The molecule has 1 aliphatic rings. The Morgan fingerprint density at radius 1 is 1.31 bits per heavy atom. The van der Waals surface area contributed by atoms with Crippen molar-refractivity contribution in [2.45, 2.75) is 39.2 Å². The standard InChI is InChI=1S/C19H25N3O2S.ClH/c1-3-4-5-12-24-15-8-6-14(7-9-15)18(23)21-19-20-16-10-11-22(2)13-17(16)25-19;/h6-9H,3-5,10-13H2,1-2H3,(H,20,21,23);1H. The summed E-state index contributed by atoms with van der Waals surface area (Å²) in [5.74, 6) is 0.678. The van der Waals surface area contributed by atoms with Crippen LogP contribution in [0.4, 0.5) is 5.13 Å². The number of likely N-dealkylation sites (N-methyl/N-ethyl adjacent to an activating group) is 1. The lowest BCUT2D eigenvalue weighted by Gasteiger charge is -2.20. The molecule has 0 fully saturated rings. The highest BCUT2D eigenvalue weighted by Crippen LogP contribution is 2.28. The summed E-state index contributed by atoms with van der Waals surface area (Å²) in [5.41, 5.74) is 1.74. The highest BCUT2D eigenvalue weighted by Gasteiger charge is 2.19. The van der Waals surface area contributed by atoms with Gasteiger partial charge in [-0.25, -0.2) is 4.98 Å². The number of fused-ring (bicyclic) bond motifs is 1. The summed E-state index contributed by atoms with van der Waals surface area (Å²) in [6, 6.07) is 7.29. The second-order valence-corrected chi connectivity index (χ2v) is 7.49. The Morgan fingerprint density at radius 3 is 2.81 bits per heavy atom. The topological polar surface area (TPSA) is 54.5 Å².